The summed E-state index contributed by atoms with van der Waals surface area (Å²) in [5.74, 6) is -0.232. The minimum absolute atomic E-state index is 0. The first-order chi connectivity index (χ1) is 11.9. The molecule has 4 N–H and O–H groups in total. The summed E-state index contributed by atoms with van der Waals surface area (Å²) in [4.78, 5) is 24.0. The van der Waals surface area contributed by atoms with Crippen LogP contribution in [0.3, 0.4) is 0 Å². The molecular formula is C20H26ClN3O2. The van der Waals surface area contributed by atoms with Gasteiger partial charge in [0.15, 0.2) is 0 Å². The first-order valence-corrected chi connectivity index (χ1v) is 8.45. The quantitative estimate of drug-likeness (QED) is 0.693. The van der Waals surface area contributed by atoms with E-state index in [-0.39, 0.29) is 24.2 Å². The molecule has 0 radical (unpaired) electrons. The van der Waals surface area contributed by atoms with Crippen LogP contribution in [0.2, 0.25) is 0 Å². The molecule has 0 spiro atoms. The molecule has 0 aliphatic heterocycles. The molecule has 2 amide bonds. The van der Waals surface area contributed by atoms with Gasteiger partial charge >= 0.3 is 0 Å². The van der Waals surface area contributed by atoms with E-state index in [1.807, 2.05) is 61.5 Å². The van der Waals surface area contributed by atoms with Crippen molar-refractivity contribution in [3.8, 4) is 0 Å². The lowest BCUT2D eigenvalue weighted by Crippen LogP contribution is -2.48. The molecule has 0 saturated heterocycles. The third kappa shape index (κ3) is 5.86. The third-order valence-electron chi connectivity index (χ3n) is 4.01. The number of amides is 2. The van der Waals surface area contributed by atoms with Crippen LogP contribution in [0.4, 0.5) is 5.69 Å². The van der Waals surface area contributed by atoms with Crippen molar-refractivity contribution >= 4 is 29.9 Å². The number of carbonyl (C=O) groups is 2. The predicted octanol–water partition coefficient (Wildman–Crippen LogP) is 3.34. The lowest BCUT2D eigenvalue weighted by molar-refractivity contribution is -0.126. The lowest BCUT2D eigenvalue weighted by Gasteiger charge is -2.24. The molecule has 2 aromatic rings. The minimum atomic E-state index is -1.09. The number of benzene rings is 2. The van der Waals surface area contributed by atoms with E-state index in [2.05, 4.69) is 10.6 Å². The summed E-state index contributed by atoms with van der Waals surface area (Å²) in [7, 11) is 0. The Balaban J connectivity index is 0.00000338. The fourth-order valence-electron chi connectivity index (χ4n) is 2.44. The van der Waals surface area contributed by atoms with Gasteiger partial charge in [-0.1, -0.05) is 49.4 Å². The largest absolute Gasteiger partial charge is 0.350 e. The topological polar surface area (TPSA) is 84.2 Å². The third-order valence-corrected chi connectivity index (χ3v) is 4.01. The summed E-state index contributed by atoms with van der Waals surface area (Å²) in [5, 5.41) is 5.70. The monoisotopic (exact) mass is 375 g/mol. The van der Waals surface area contributed by atoms with Crippen LogP contribution in [0.1, 0.15) is 37.8 Å². The van der Waals surface area contributed by atoms with Crippen molar-refractivity contribution in [1.29, 1.82) is 0 Å². The molecule has 0 aromatic heterocycles. The van der Waals surface area contributed by atoms with Crippen molar-refractivity contribution < 1.29 is 9.59 Å². The van der Waals surface area contributed by atoms with E-state index in [9.17, 15) is 9.59 Å². The summed E-state index contributed by atoms with van der Waals surface area (Å²) >= 11 is 0. The molecule has 1 atom stereocenters. The van der Waals surface area contributed by atoms with Crippen molar-refractivity contribution in [3.05, 3.63) is 65.7 Å². The molecule has 0 aliphatic rings. The molecule has 0 bridgehead atoms. The molecule has 140 valence electrons. The standard InChI is InChI=1S/C20H25N3O2.ClH/c1-3-7-18(24)23-17-12-10-15(11-13-17)14-22-19(25)20(2,21)16-8-5-4-6-9-16;/h4-6,8-13H,3,7,14,21H2,1-2H3,(H,22,25)(H,23,24);1H. The van der Waals surface area contributed by atoms with Gasteiger partial charge in [0.05, 0.1) is 0 Å². The summed E-state index contributed by atoms with van der Waals surface area (Å²) < 4.78 is 0. The van der Waals surface area contributed by atoms with Crippen LogP contribution in [0.25, 0.3) is 0 Å². The maximum atomic E-state index is 12.4. The van der Waals surface area contributed by atoms with Crippen molar-refractivity contribution in [2.45, 2.75) is 38.8 Å². The van der Waals surface area contributed by atoms with Gasteiger partial charge < -0.3 is 16.4 Å². The number of rotatable bonds is 7. The summed E-state index contributed by atoms with van der Waals surface area (Å²) in [6.07, 6.45) is 1.32. The average molecular weight is 376 g/mol. The van der Waals surface area contributed by atoms with E-state index in [1.54, 1.807) is 6.92 Å². The Kier molecular flexibility index (Phi) is 8.29. The van der Waals surface area contributed by atoms with Gasteiger partial charge in [0.25, 0.3) is 0 Å². The second-order valence-corrected chi connectivity index (χ2v) is 6.25. The Hall–Kier alpha value is -2.37. The number of carbonyl (C=O) groups excluding carboxylic acids is 2. The second kappa shape index (κ2) is 9.94. The summed E-state index contributed by atoms with van der Waals surface area (Å²) in [5.41, 5.74) is 7.56. The zero-order valence-corrected chi connectivity index (χ0v) is 15.9. The van der Waals surface area contributed by atoms with Gasteiger partial charge in [-0.3, -0.25) is 9.59 Å². The molecular weight excluding hydrogens is 350 g/mol. The molecule has 2 rings (SSSR count). The second-order valence-electron chi connectivity index (χ2n) is 6.25. The van der Waals surface area contributed by atoms with Gasteiger partial charge in [0.1, 0.15) is 5.54 Å². The zero-order chi connectivity index (χ0) is 18.3. The molecule has 6 heteroatoms. The van der Waals surface area contributed by atoms with Gasteiger partial charge in [0.2, 0.25) is 11.8 Å². The highest BCUT2D eigenvalue weighted by Gasteiger charge is 2.29. The Labute approximate surface area is 160 Å². The van der Waals surface area contributed by atoms with E-state index in [0.29, 0.717) is 13.0 Å². The summed E-state index contributed by atoms with van der Waals surface area (Å²) in [6, 6.07) is 16.7. The molecule has 1 unspecified atom stereocenters. The molecule has 0 heterocycles. The van der Waals surface area contributed by atoms with E-state index in [4.69, 9.17) is 5.73 Å². The van der Waals surface area contributed by atoms with Gasteiger partial charge in [-0.05, 0) is 36.6 Å². The molecule has 0 saturated carbocycles. The number of nitrogens with one attached hydrogen (secondary N) is 2. The van der Waals surface area contributed by atoms with Gasteiger partial charge in [-0.15, -0.1) is 12.4 Å². The number of nitrogens with two attached hydrogens (primary N) is 1. The first kappa shape index (κ1) is 21.7. The van der Waals surface area contributed by atoms with E-state index < -0.39 is 5.54 Å². The highest BCUT2D eigenvalue weighted by atomic mass is 35.5. The average Bonchev–Trinajstić information content (AvgIpc) is 2.61. The van der Waals surface area contributed by atoms with E-state index >= 15 is 0 Å². The van der Waals surface area contributed by atoms with Crippen LogP contribution in [0, 0.1) is 0 Å². The van der Waals surface area contributed by atoms with Gasteiger partial charge in [-0.25, -0.2) is 0 Å². The Morgan fingerprint density at radius 1 is 1.04 bits per heavy atom. The Morgan fingerprint density at radius 3 is 2.23 bits per heavy atom. The van der Waals surface area contributed by atoms with Gasteiger partial charge in [0, 0.05) is 18.7 Å². The molecule has 0 aliphatic carbocycles. The van der Waals surface area contributed by atoms with Crippen LogP contribution >= 0.6 is 12.4 Å². The van der Waals surface area contributed by atoms with Crippen LogP contribution < -0.4 is 16.4 Å². The Morgan fingerprint density at radius 2 is 1.65 bits per heavy atom. The number of anilines is 1. The number of hydrogen-bond donors (Lipinski definition) is 3. The zero-order valence-electron chi connectivity index (χ0n) is 15.1. The van der Waals surface area contributed by atoms with E-state index in [0.717, 1.165) is 23.2 Å². The SMILES string of the molecule is CCCC(=O)Nc1ccc(CNC(=O)C(C)(N)c2ccccc2)cc1.Cl. The van der Waals surface area contributed by atoms with Crippen molar-refractivity contribution in [3.63, 3.8) is 0 Å². The normalized spacial score (nSPS) is 12.4. The lowest BCUT2D eigenvalue weighted by atomic mass is 9.92. The smallest absolute Gasteiger partial charge is 0.244 e. The van der Waals surface area contributed by atoms with Crippen molar-refractivity contribution in [2.24, 2.45) is 5.73 Å². The fraction of sp³-hybridized carbons (Fsp3) is 0.300. The van der Waals surface area contributed by atoms with Crippen LogP contribution in [-0.2, 0) is 21.7 Å². The molecule has 0 fully saturated rings. The van der Waals surface area contributed by atoms with Crippen LogP contribution in [0.5, 0.6) is 0 Å². The van der Waals surface area contributed by atoms with Gasteiger partial charge in [-0.2, -0.15) is 0 Å². The number of hydrogen-bond acceptors (Lipinski definition) is 3. The molecule has 5 nitrogen and oxygen atoms in total. The Bertz CT molecular complexity index is 716. The summed E-state index contributed by atoms with van der Waals surface area (Å²) in [6.45, 7) is 4.04. The fourth-order valence-corrected chi connectivity index (χ4v) is 2.44. The first-order valence-electron chi connectivity index (χ1n) is 8.45. The van der Waals surface area contributed by atoms with Crippen LogP contribution in [-0.4, -0.2) is 11.8 Å². The molecule has 26 heavy (non-hydrogen) atoms. The maximum absolute atomic E-state index is 12.4. The van der Waals surface area contributed by atoms with Crippen molar-refractivity contribution in [1.82, 2.24) is 5.32 Å². The highest BCUT2D eigenvalue weighted by Crippen LogP contribution is 2.18. The van der Waals surface area contributed by atoms with E-state index in [1.165, 1.54) is 0 Å². The predicted molar refractivity (Wildman–Crippen MR) is 107 cm³/mol. The number of halogens is 1. The molecule has 2 aromatic carbocycles. The highest BCUT2D eigenvalue weighted by molar-refractivity contribution is 5.90. The minimum Gasteiger partial charge on any atom is -0.350 e. The maximum Gasteiger partial charge on any atom is 0.244 e. The van der Waals surface area contributed by atoms with Crippen LogP contribution in [0.15, 0.2) is 54.6 Å². The van der Waals surface area contributed by atoms with Crippen molar-refractivity contribution in [2.75, 3.05) is 5.32 Å².